The van der Waals surface area contributed by atoms with Crippen molar-refractivity contribution in [2.24, 2.45) is 16.6 Å². The smallest absolute Gasteiger partial charge is 0.307 e. The van der Waals surface area contributed by atoms with E-state index in [4.69, 9.17) is 33.5 Å². The van der Waals surface area contributed by atoms with E-state index < -0.39 is 5.91 Å². The SMILES string of the molecule is COC(=O)CCOC1CCC(CCCCN=C(N)NC(=O)c2nc(Cl)c(N)nc2N)CC1. The Morgan fingerprint density at radius 2 is 1.88 bits per heavy atom. The van der Waals surface area contributed by atoms with E-state index in [1.54, 1.807) is 0 Å². The Hall–Kier alpha value is -2.66. The van der Waals surface area contributed by atoms with Crippen molar-refractivity contribution in [3.05, 3.63) is 10.8 Å². The zero-order valence-electron chi connectivity index (χ0n) is 18.3. The Morgan fingerprint density at radius 1 is 1.16 bits per heavy atom. The number of nitrogens with zero attached hydrogens (tertiary/aromatic N) is 3. The molecule has 1 fully saturated rings. The topological polar surface area (TPSA) is 181 Å². The van der Waals surface area contributed by atoms with E-state index in [0.717, 1.165) is 44.9 Å². The standard InChI is InChI=1S/C20H32ClN7O4/c1-31-14(29)9-11-32-13-7-5-12(6-8-13)4-2-3-10-25-20(24)28-19(30)15-17(22)27-18(23)16(21)26-15/h12-13H,2-11H2,1H3,(H4,22,23,27)(H3,24,25,28,30). The summed E-state index contributed by atoms with van der Waals surface area (Å²) in [5.74, 6) is -0.428. The third-order valence-electron chi connectivity index (χ3n) is 5.35. The number of aliphatic imine (C=N–C) groups is 1. The van der Waals surface area contributed by atoms with Crippen molar-refractivity contribution in [3.8, 4) is 0 Å². The molecule has 1 aromatic rings. The van der Waals surface area contributed by atoms with E-state index in [2.05, 4.69) is 25.0 Å². The molecule has 32 heavy (non-hydrogen) atoms. The number of aromatic nitrogens is 2. The Kier molecular flexibility index (Phi) is 10.4. The number of amides is 1. The highest BCUT2D eigenvalue weighted by molar-refractivity contribution is 6.31. The second kappa shape index (κ2) is 13.0. The lowest BCUT2D eigenvalue weighted by Gasteiger charge is -2.28. The lowest BCUT2D eigenvalue weighted by molar-refractivity contribution is -0.142. The van der Waals surface area contributed by atoms with Crippen LogP contribution in [0, 0.1) is 5.92 Å². The highest BCUT2D eigenvalue weighted by atomic mass is 35.5. The summed E-state index contributed by atoms with van der Waals surface area (Å²) < 4.78 is 10.4. The number of nitrogens with two attached hydrogens (primary N) is 3. The van der Waals surface area contributed by atoms with E-state index in [1.165, 1.54) is 7.11 Å². The Morgan fingerprint density at radius 3 is 2.56 bits per heavy atom. The minimum atomic E-state index is -0.649. The number of carbonyl (C=O) groups excluding carboxylic acids is 2. The van der Waals surface area contributed by atoms with Crippen molar-refractivity contribution >= 4 is 41.1 Å². The molecule has 1 aromatic heterocycles. The van der Waals surface area contributed by atoms with Crippen LogP contribution in [0.3, 0.4) is 0 Å². The van der Waals surface area contributed by atoms with Crippen molar-refractivity contribution in [2.45, 2.75) is 57.5 Å². The van der Waals surface area contributed by atoms with Gasteiger partial charge in [0.15, 0.2) is 28.4 Å². The number of esters is 1. The average molecular weight is 470 g/mol. The minimum Gasteiger partial charge on any atom is -0.469 e. The molecular weight excluding hydrogens is 438 g/mol. The number of hydrogen-bond acceptors (Lipinski definition) is 9. The third-order valence-corrected chi connectivity index (χ3v) is 5.62. The maximum atomic E-state index is 12.2. The molecule has 0 bridgehead atoms. The van der Waals surface area contributed by atoms with Gasteiger partial charge >= 0.3 is 5.97 Å². The molecule has 0 radical (unpaired) electrons. The number of anilines is 2. The van der Waals surface area contributed by atoms with Gasteiger partial charge in [0.1, 0.15) is 0 Å². The molecule has 0 unspecified atom stereocenters. The zero-order chi connectivity index (χ0) is 23.5. The number of methoxy groups -OCH3 is 1. The fourth-order valence-corrected chi connectivity index (χ4v) is 3.69. The predicted octanol–water partition coefficient (Wildman–Crippen LogP) is 1.65. The van der Waals surface area contributed by atoms with Gasteiger partial charge in [-0.15, -0.1) is 0 Å². The molecule has 1 aliphatic carbocycles. The summed E-state index contributed by atoms with van der Waals surface area (Å²) in [6.07, 6.45) is 7.82. The van der Waals surface area contributed by atoms with Crippen LogP contribution >= 0.6 is 11.6 Å². The van der Waals surface area contributed by atoms with E-state index >= 15 is 0 Å². The van der Waals surface area contributed by atoms with Crippen LogP contribution in [-0.4, -0.2) is 54.2 Å². The normalized spacial score (nSPS) is 18.9. The van der Waals surface area contributed by atoms with Gasteiger partial charge < -0.3 is 26.7 Å². The summed E-state index contributed by atoms with van der Waals surface area (Å²) in [6.45, 7) is 0.921. The highest BCUT2D eigenvalue weighted by Gasteiger charge is 2.21. The van der Waals surface area contributed by atoms with E-state index in [9.17, 15) is 9.59 Å². The molecule has 1 amide bonds. The van der Waals surface area contributed by atoms with Crippen molar-refractivity contribution < 1.29 is 19.1 Å². The van der Waals surface area contributed by atoms with Crippen molar-refractivity contribution in [3.63, 3.8) is 0 Å². The summed E-state index contributed by atoms with van der Waals surface area (Å²) in [5.41, 5.74) is 16.7. The number of carbonyl (C=O) groups is 2. The maximum absolute atomic E-state index is 12.2. The first-order valence-corrected chi connectivity index (χ1v) is 11.1. The monoisotopic (exact) mass is 469 g/mol. The molecule has 2 rings (SSSR count). The van der Waals surface area contributed by atoms with Crippen LogP contribution in [0.25, 0.3) is 0 Å². The number of hydrogen-bond donors (Lipinski definition) is 4. The van der Waals surface area contributed by atoms with Crippen LogP contribution in [0.15, 0.2) is 4.99 Å². The maximum Gasteiger partial charge on any atom is 0.307 e. The van der Waals surface area contributed by atoms with Gasteiger partial charge in [0.25, 0.3) is 5.91 Å². The van der Waals surface area contributed by atoms with Gasteiger partial charge in [0.05, 0.1) is 26.2 Å². The molecule has 1 aliphatic rings. The molecule has 178 valence electrons. The number of ether oxygens (including phenoxy) is 2. The van der Waals surface area contributed by atoms with Crippen molar-refractivity contribution in [1.29, 1.82) is 0 Å². The first-order chi connectivity index (χ1) is 15.3. The Balaban J connectivity index is 1.61. The largest absolute Gasteiger partial charge is 0.469 e. The van der Waals surface area contributed by atoms with E-state index in [-0.39, 0.29) is 40.5 Å². The summed E-state index contributed by atoms with van der Waals surface area (Å²) in [6, 6.07) is 0. The molecule has 0 aliphatic heterocycles. The van der Waals surface area contributed by atoms with Gasteiger partial charge in [-0.05, 0) is 38.0 Å². The zero-order valence-corrected chi connectivity index (χ0v) is 19.1. The van der Waals surface area contributed by atoms with Crippen LogP contribution in [-0.2, 0) is 14.3 Å². The molecule has 1 saturated carbocycles. The second-order valence-corrected chi connectivity index (χ2v) is 8.05. The lowest BCUT2D eigenvalue weighted by Crippen LogP contribution is -2.38. The Bertz CT molecular complexity index is 813. The van der Waals surface area contributed by atoms with Gasteiger partial charge in [-0.2, -0.15) is 0 Å². The van der Waals surface area contributed by atoms with Crippen LogP contribution < -0.4 is 22.5 Å². The minimum absolute atomic E-state index is 0.0197. The lowest BCUT2D eigenvalue weighted by atomic mass is 9.84. The average Bonchev–Trinajstić information content (AvgIpc) is 2.76. The summed E-state index contributed by atoms with van der Waals surface area (Å²) in [7, 11) is 1.38. The number of rotatable bonds is 10. The van der Waals surface area contributed by atoms with Crippen LogP contribution in [0.4, 0.5) is 11.6 Å². The van der Waals surface area contributed by atoms with Gasteiger partial charge in [-0.25, -0.2) is 9.97 Å². The fourth-order valence-electron chi connectivity index (χ4n) is 3.57. The van der Waals surface area contributed by atoms with Gasteiger partial charge in [-0.1, -0.05) is 24.4 Å². The number of guanidine groups is 1. The third kappa shape index (κ3) is 8.46. The number of unbranched alkanes of at least 4 members (excludes halogenated alkanes) is 1. The number of nitrogens with one attached hydrogen (secondary N) is 1. The quantitative estimate of drug-likeness (QED) is 0.171. The predicted molar refractivity (Wildman–Crippen MR) is 122 cm³/mol. The molecule has 12 heteroatoms. The number of nitrogen functional groups attached to an aromatic ring is 2. The van der Waals surface area contributed by atoms with Crippen molar-refractivity contribution in [2.75, 3.05) is 31.7 Å². The molecule has 0 saturated heterocycles. The van der Waals surface area contributed by atoms with Gasteiger partial charge in [-0.3, -0.25) is 19.9 Å². The molecule has 11 nitrogen and oxygen atoms in total. The molecule has 0 spiro atoms. The molecule has 0 aromatic carbocycles. The fraction of sp³-hybridized carbons (Fsp3) is 0.650. The van der Waals surface area contributed by atoms with Crippen molar-refractivity contribution in [1.82, 2.24) is 15.3 Å². The molecule has 1 heterocycles. The van der Waals surface area contributed by atoms with Crippen LogP contribution in [0.5, 0.6) is 0 Å². The Labute approximate surface area is 192 Å². The summed E-state index contributed by atoms with van der Waals surface area (Å²) in [5, 5.41) is 2.31. The highest BCUT2D eigenvalue weighted by Crippen LogP contribution is 2.29. The molecule has 7 N–H and O–H groups in total. The molecular formula is C20H32ClN7O4. The van der Waals surface area contributed by atoms with Gasteiger partial charge in [0.2, 0.25) is 0 Å². The van der Waals surface area contributed by atoms with E-state index in [1.807, 2.05) is 0 Å². The first-order valence-electron chi connectivity index (χ1n) is 10.7. The number of halogens is 1. The summed E-state index contributed by atoms with van der Waals surface area (Å²) in [4.78, 5) is 35.0. The van der Waals surface area contributed by atoms with Crippen LogP contribution in [0.1, 0.15) is 61.9 Å². The summed E-state index contributed by atoms with van der Waals surface area (Å²) >= 11 is 5.78. The second-order valence-electron chi connectivity index (χ2n) is 7.69. The molecule has 0 atom stereocenters. The first kappa shape index (κ1) is 25.6. The van der Waals surface area contributed by atoms with Crippen LogP contribution in [0.2, 0.25) is 5.15 Å². The van der Waals surface area contributed by atoms with Gasteiger partial charge in [0, 0.05) is 6.54 Å². The van der Waals surface area contributed by atoms with E-state index in [0.29, 0.717) is 25.5 Å².